The van der Waals surface area contributed by atoms with Gasteiger partial charge in [0.05, 0.1) is 13.2 Å². The predicted molar refractivity (Wildman–Crippen MR) is 82.7 cm³/mol. The average molecular weight is 270 g/mol. The molecule has 0 amide bonds. The molecule has 3 heteroatoms. The van der Waals surface area contributed by atoms with E-state index in [1.807, 2.05) is 18.2 Å². The molecule has 0 fully saturated rings. The number of aryl methyl sites for hydroxylation is 1. The first-order chi connectivity index (χ1) is 9.67. The molecule has 0 aromatic heterocycles. The van der Waals surface area contributed by atoms with E-state index in [0.29, 0.717) is 0 Å². The van der Waals surface area contributed by atoms with Crippen LogP contribution in [0.2, 0.25) is 0 Å². The molecule has 20 heavy (non-hydrogen) atoms. The van der Waals surface area contributed by atoms with E-state index in [-0.39, 0.29) is 6.04 Å². The molecule has 0 aliphatic rings. The van der Waals surface area contributed by atoms with Crippen molar-refractivity contribution >= 4 is 0 Å². The first kappa shape index (κ1) is 14.6. The molecular formula is C17H22N2O. The van der Waals surface area contributed by atoms with Gasteiger partial charge in [-0.1, -0.05) is 42.5 Å². The summed E-state index contributed by atoms with van der Waals surface area (Å²) in [6.07, 6.45) is 0.830. The lowest BCUT2D eigenvalue weighted by atomic mass is 9.95. The molecule has 0 aliphatic heterocycles. The molecule has 2 aromatic carbocycles. The summed E-state index contributed by atoms with van der Waals surface area (Å²) in [4.78, 5) is 0. The van der Waals surface area contributed by atoms with Gasteiger partial charge in [0.15, 0.2) is 0 Å². The van der Waals surface area contributed by atoms with Gasteiger partial charge in [-0.05, 0) is 37.0 Å². The maximum absolute atomic E-state index is 5.76. The minimum atomic E-state index is 0.0339. The van der Waals surface area contributed by atoms with Gasteiger partial charge in [0.25, 0.3) is 0 Å². The van der Waals surface area contributed by atoms with Gasteiger partial charge >= 0.3 is 0 Å². The number of hydrogen-bond acceptors (Lipinski definition) is 3. The minimum Gasteiger partial charge on any atom is -0.496 e. The van der Waals surface area contributed by atoms with Gasteiger partial charge in [0.2, 0.25) is 0 Å². The van der Waals surface area contributed by atoms with Gasteiger partial charge in [0, 0.05) is 5.56 Å². The first-order valence-corrected chi connectivity index (χ1v) is 6.81. The highest BCUT2D eigenvalue weighted by Crippen LogP contribution is 2.32. The highest BCUT2D eigenvalue weighted by Gasteiger charge is 2.17. The van der Waals surface area contributed by atoms with Gasteiger partial charge in [-0.2, -0.15) is 0 Å². The third kappa shape index (κ3) is 3.00. The molecule has 106 valence electrons. The van der Waals surface area contributed by atoms with Gasteiger partial charge in [-0.3, -0.25) is 11.3 Å². The van der Waals surface area contributed by atoms with E-state index >= 15 is 0 Å². The third-order valence-corrected chi connectivity index (χ3v) is 3.77. The molecule has 0 aliphatic carbocycles. The SMILES string of the molecule is COc1c(C(Cc2ccccc2)NN)ccc(C)c1C. The van der Waals surface area contributed by atoms with Crippen LogP contribution in [0, 0.1) is 13.8 Å². The van der Waals surface area contributed by atoms with Gasteiger partial charge < -0.3 is 4.74 Å². The lowest BCUT2D eigenvalue weighted by Gasteiger charge is -2.21. The largest absolute Gasteiger partial charge is 0.496 e. The number of nitrogens with two attached hydrogens (primary N) is 1. The Kier molecular flexibility index (Phi) is 4.77. The van der Waals surface area contributed by atoms with Crippen LogP contribution in [0.3, 0.4) is 0 Å². The Balaban J connectivity index is 2.35. The average Bonchev–Trinajstić information content (AvgIpc) is 2.48. The second-order valence-electron chi connectivity index (χ2n) is 5.04. The van der Waals surface area contributed by atoms with Crippen molar-refractivity contribution in [3.63, 3.8) is 0 Å². The summed E-state index contributed by atoms with van der Waals surface area (Å²) < 4.78 is 5.58. The Morgan fingerprint density at radius 3 is 2.40 bits per heavy atom. The third-order valence-electron chi connectivity index (χ3n) is 3.77. The number of benzene rings is 2. The van der Waals surface area contributed by atoms with E-state index < -0.39 is 0 Å². The smallest absolute Gasteiger partial charge is 0.126 e. The normalized spacial score (nSPS) is 12.2. The molecule has 0 heterocycles. The number of ether oxygens (including phenoxy) is 1. The zero-order valence-corrected chi connectivity index (χ0v) is 12.3. The monoisotopic (exact) mass is 270 g/mol. The molecular weight excluding hydrogens is 248 g/mol. The van der Waals surface area contributed by atoms with Gasteiger partial charge in [-0.25, -0.2) is 0 Å². The van der Waals surface area contributed by atoms with Crippen molar-refractivity contribution in [3.05, 3.63) is 64.7 Å². The quantitative estimate of drug-likeness (QED) is 0.648. The summed E-state index contributed by atoms with van der Waals surface area (Å²) in [5.41, 5.74) is 7.64. The van der Waals surface area contributed by atoms with E-state index in [4.69, 9.17) is 10.6 Å². The fourth-order valence-electron chi connectivity index (χ4n) is 2.46. The Hall–Kier alpha value is -1.84. The molecule has 0 radical (unpaired) electrons. The molecule has 0 bridgehead atoms. The van der Waals surface area contributed by atoms with E-state index in [1.54, 1.807) is 7.11 Å². The molecule has 3 N–H and O–H groups in total. The van der Waals surface area contributed by atoms with Crippen molar-refractivity contribution in [1.82, 2.24) is 5.43 Å². The van der Waals surface area contributed by atoms with Crippen LogP contribution in [0.25, 0.3) is 0 Å². The maximum Gasteiger partial charge on any atom is 0.126 e. The predicted octanol–water partition coefficient (Wildman–Crippen LogP) is 3.06. The fourth-order valence-corrected chi connectivity index (χ4v) is 2.46. The van der Waals surface area contributed by atoms with Crippen molar-refractivity contribution < 1.29 is 4.74 Å². The van der Waals surface area contributed by atoms with Crippen molar-refractivity contribution in [1.29, 1.82) is 0 Å². The van der Waals surface area contributed by atoms with Crippen LogP contribution in [-0.2, 0) is 6.42 Å². The van der Waals surface area contributed by atoms with E-state index in [2.05, 4.69) is 43.5 Å². The zero-order chi connectivity index (χ0) is 14.5. The van der Waals surface area contributed by atoms with Crippen molar-refractivity contribution in [2.75, 3.05) is 7.11 Å². The molecule has 2 aromatic rings. The topological polar surface area (TPSA) is 47.3 Å². The summed E-state index contributed by atoms with van der Waals surface area (Å²) in [6.45, 7) is 4.16. The number of rotatable bonds is 5. The number of methoxy groups -OCH3 is 1. The summed E-state index contributed by atoms with van der Waals surface area (Å²) in [7, 11) is 1.71. The van der Waals surface area contributed by atoms with Crippen molar-refractivity contribution in [2.24, 2.45) is 5.84 Å². The fraction of sp³-hybridized carbons (Fsp3) is 0.294. The molecule has 0 saturated carbocycles. The van der Waals surface area contributed by atoms with E-state index in [1.165, 1.54) is 16.7 Å². The summed E-state index contributed by atoms with van der Waals surface area (Å²) in [5.74, 6) is 6.68. The highest BCUT2D eigenvalue weighted by molar-refractivity contribution is 5.47. The first-order valence-electron chi connectivity index (χ1n) is 6.81. The number of nitrogens with one attached hydrogen (secondary N) is 1. The number of hydrogen-bond donors (Lipinski definition) is 2. The van der Waals surface area contributed by atoms with Crippen molar-refractivity contribution in [2.45, 2.75) is 26.3 Å². The van der Waals surface area contributed by atoms with Crippen LogP contribution in [0.5, 0.6) is 5.75 Å². The second kappa shape index (κ2) is 6.55. The Labute approximate surface area is 120 Å². The summed E-state index contributed by atoms with van der Waals surface area (Å²) in [5, 5.41) is 0. The van der Waals surface area contributed by atoms with Gasteiger partial charge in [-0.15, -0.1) is 0 Å². The molecule has 0 spiro atoms. The minimum absolute atomic E-state index is 0.0339. The van der Waals surface area contributed by atoms with Crippen LogP contribution < -0.4 is 16.0 Å². The van der Waals surface area contributed by atoms with E-state index in [9.17, 15) is 0 Å². The molecule has 1 unspecified atom stereocenters. The van der Waals surface area contributed by atoms with Crippen LogP contribution >= 0.6 is 0 Å². The van der Waals surface area contributed by atoms with Gasteiger partial charge in [0.1, 0.15) is 5.75 Å². The number of hydrazine groups is 1. The van der Waals surface area contributed by atoms with Crippen LogP contribution in [0.1, 0.15) is 28.3 Å². The zero-order valence-electron chi connectivity index (χ0n) is 12.3. The lowest BCUT2D eigenvalue weighted by Crippen LogP contribution is -2.30. The Morgan fingerprint density at radius 2 is 1.80 bits per heavy atom. The lowest BCUT2D eigenvalue weighted by molar-refractivity contribution is 0.395. The standard InChI is InChI=1S/C17H22N2O/c1-12-9-10-15(17(20-3)13(12)2)16(19-18)11-14-7-5-4-6-8-14/h4-10,16,19H,11,18H2,1-3H3. The molecule has 0 saturated heterocycles. The van der Waals surface area contributed by atoms with Crippen LogP contribution in [-0.4, -0.2) is 7.11 Å². The molecule has 1 atom stereocenters. The van der Waals surface area contributed by atoms with Crippen molar-refractivity contribution in [3.8, 4) is 5.75 Å². The Bertz CT molecular complexity index is 567. The molecule has 3 nitrogen and oxygen atoms in total. The Morgan fingerprint density at radius 1 is 1.10 bits per heavy atom. The summed E-state index contributed by atoms with van der Waals surface area (Å²) in [6, 6.07) is 14.6. The highest BCUT2D eigenvalue weighted by atomic mass is 16.5. The van der Waals surface area contributed by atoms with Crippen LogP contribution in [0.15, 0.2) is 42.5 Å². The van der Waals surface area contributed by atoms with E-state index in [0.717, 1.165) is 17.7 Å². The van der Waals surface area contributed by atoms with Crippen LogP contribution in [0.4, 0.5) is 0 Å². The maximum atomic E-state index is 5.76. The summed E-state index contributed by atoms with van der Waals surface area (Å²) >= 11 is 0. The molecule has 2 rings (SSSR count). The second-order valence-corrected chi connectivity index (χ2v) is 5.04.